The fourth-order valence-corrected chi connectivity index (χ4v) is 1.33. The molecule has 60 valence electrons. The maximum absolute atomic E-state index is 10.5. The third-order valence-electron chi connectivity index (χ3n) is 0.884. The van der Waals surface area contributed by atoms with Crippen molar-refractivity contribution in [3.8, 4) is 5.06 Å². The number of aromatic nitrogens is 2. The number of alkyl halides is 1. The Morgan fingerprint density at radius 1 is 1.82 bits per heavy atom. The van der Waals surface area contributed by atoms with Crippen molar-refractivity contribution in [2.75, 3.05) is 0 Å². The average Bonchev–Trinajstić information content (AvgIpc) is 2.34. The van der Waals surface area contributed by atoms with Crippen LogP contribution in [0.3, 0.4) is 0 Å². The van der Waals surface area contributed by atoms with Gasteiger partial charge in [-0.3, -0.25) is 4.79 Å². The maximum atomic E-state index is 10.5. The van der Waals surface area contributed by atoms with Gasteiger partial charge in [0.05, 0.1) is 5.88 Å². The van der Waals surface area contributed by atoms with Crippen LogP contribution in [0.15, 0.2) is 0 Å². The lowest BCUT2D eigenvalue weighted by Crippen LogP contribution is -2.01. The van der Waals surface area contributed by atoms with Crippen LogP contribution < -0.4 is 4.74 Å². The highest BCUT2D eigenvalue weighted by Crippen LogP contribution is 2.21. The molecule has 1 aromatic rings. The number of esters is 1. The number of hydrogen-bond donors (Lipinski definition) is 0. The molecule has 0 aliphatic rings. The van der Waals surface area contributed by atoms with Crippen LogP contribution in [0.1, 0.15) is 12.6 Å². The molecule has 0 spiro atoms. The van der Waals surface area contributed by atoms with Gasteiger partial charge >= 0.3 is 5.97 Å². The fourth-order valence-electron chi connectivity index (χ4n) is 0.490. The van der Waals surface area contributed by atoms with E-state index < -0.39 is 0 Å². The van der Waals surface area contributed by atoms with E-state index in [1.807, 2.05) is 0 Å². The Hall–Kier alpha value is -0.680. The smallest absolute Gasteiger partial charge is 0.308 e. The van der Waals surface area contributed by atoms with Gasteiger partial charge in [0.25, 0.3) is 0 Å². The standard InChI is InChI=1S/C5H5ClN2O2S/c1-3(9)10-5-4(2-6)7-8-11-5/h2H2,1H3. The predicted molar refractivity (Wildman–Crippen MR) is 40.8 cm³/mol. The van der Waals surface area contributed by atoms with E-state index in [0.29, 0.717) is 10.8 Å². The molecule has 1 aromatic heterocycles. The molecule has 0 N–H and O–H groups in total. The first-order valence-corrected chi connectivity index (χ1v) is 4.10. The van der Waals surface area contributed by atoms with E-state index in [1.165, 1.54) is 6.92 Å². The second-order valence-electron chi connectivity index (χ2n) is 1.73. The number of carbonyl (C=O) groups is 1. The van der Waals surface area contributed by atoms with E-state index in [0.717, 1.165) is 11.5 Å². The molecule has 0 saturated carbocycles. The number of carbonyl (C=O) groups excluding carboxylic acids is 1. The van der Waals surface area contributed by atoms with Crippen LogP contribution in [0.4, 0.5) is 0 Å². The topological polar surface area (TPSA) is 52.1 Å². The van der Waals surface area contributed by atoms with Crippen molar-refractivity contribution >= 4 is 29.1 Å². The molecule has 0 fully saturated rings. The van der Waals surface area contributed by atoms with E-state index in [1.54, 1.807) is 0 Å². The van der Waals surface area contributed by atoms with Crippen LogP contribution >= 0.6 is 23.1 Å². The van der Waals surface area contributed by atoms with Gasteiger partial charge in [0.1, 0.15) is 5.69 Å². The Morgan fingerprint density at radius 2 is 2.55 bits per heavy atom. The van der Waals surface area contributed by atoms with Crippen molar-refractivity contribution in [2.24, 2.45) is 0 Å². The van der Waals surface area contributed by atoms with Gasteiger partial charge in [-0.25, -0.2) is 0 Å². The third-order valence-corrected chi connectivity index (χ3v) is 1.79. The molecule has 11 heavy (non-hydrogen) atoms. The van der Waals surface area contributed by atoms with E-state index in [4.69, 9.17) is 16.3 Å². The zero-order valence-corrected chi connectivity index (χ0v) is 7.28. The summed E-state index contributed by atoms with van der Waals surface area (Å²) in [6.07, 6.45) is 0. The minimum Gasteiger partial charge on any atom is -0.412 e. The fraction of sp³-hybridized carbons (Fsp3) is 0.400. The van der Waals surface area contributed by atoms with Crippen LogP contribution in [0.5, 0.6) is 5.06 Å². The van der Waals surface area contributed by atoms with Gasteiger partial charge in [0.15, 0.2) is 0 Å². The maximum Gasteiger partial charge on any atom is 0.308 e. The lowest BCUT2D eigenvalue weighted by molar-refractivity contribution is -0.131. The Bertz CT molecular complexity index is 263. The van der Waals surface area contributed by atoms with E-state index >= 15 is 0 Å². The SMILES string of the molecule is CC(=O)Oc1snnc1CCl. The number of halogens is 1. The summed E-state index contributed by atoms with van der Waals surface area (Å²) in [7, 11) is 0. The summed E-state index contributed by atoms with van der Waals surface area (Å²) in [6, 6.07) is 0. The highest BCUT2D eigenvalue weighted by atomic mass is 35.5. The summed E-state index contributed by atoms with van der Waals surface area (Å²) in [5.41, 5.74) is 0.506. The molecule has 1 rings (SSSR count). The summed E-state index contributed by atoms with van der Waals surface area (Å²) in [4.78, 5) is 10.5. The molecule has 0 bridgehead atoms. The molecule has 0 aliphatic carbocycles. The number of hydrogen-bond acceptors (Lipinski definition) is 5. The Labute approximate surface area is 72.3 Å². The van der Waals surface area contributed by atoms with Crippen LogP contribution in [0.25, 0.3) is 0 Å². The predicted octanol–water partition coefficient (Wildman–Crippen LogP) is 1.20. The molecule has 0 aromatic carbocycles. The van der Waals surface area contributed by atoms with E-state index in [9.17, 15) is 4.79 Å². The monoisotopic (exact) mass is 192 g/mol. The summed E-state index contributed by atoms with van der Waals surface area (Å²) in [5.74, 6) is -0.179. The molecule has 0 radical (unpaired) electrons. The molecule has 4 nitrogen and oxygen atoms in total. The molecule has 1 heterocycles. The Balaban J connectivity index is 2.76. The van der Waals surface area contributed by atoms with E-state index in [-0.39, 0.29) is 11.8 Å². The zero-order chi connectivity index (χ0) is 8.27. The van der Waals surface area contributed by atoms with Gasteiger partial charge in [-0.2, -0.15) is 0 Å². The van der Waals surface area contributed by atoms with Gasteiger partial charge in [-0.15, -0.1) is 16.7 Å². The van der Waals surface area contributed by atoms with Crippen LogP contribution in [0.2, 0.25) is 0 Å². The number of rotatable bonds is 2. The second kappa shape index (κ2) is 3.64. The first-order valence-electron chi connectivity index (χ1n) is 2.79. The summed E-state index contributed by atoms with van der Waals surface area (Å²) < 4.78 is 8.32. The van der Waals surface area contributed by atoms with Gasteiger partial charge in [-0.05, 0) is 0 Å². The third kappa shape index (κ3) is 2.13. The van der Waals surface area contributed by atoms with Crippen molar-refractivity contribution in [3.05, 3.63) is 5.69 Å². The van der Waals surface area contributed by atoms with Gasteiger partial charge in [0.2, 0.25) is 5.06 Å². The summed E-state index contributed by atoms with van der Waals surface area (Å²) in [6.45, 7) is 1.32. The molecule has 6 heteroatoms. The Morgan fingerprint density at radius 3 is 3.09 bits per heavy atom. The van der Waals surface area contributed by atoms with Crippen molar-refractivity contribution < 1.29 is 9.53 Å². The molecule has 0 atom stereocenters. The molecule has 0 amide bonds. The molecular formula is C5H5ClN2O2S. The first-order chi connectivity index (χ1) is 5.24. The van der Waals surface area contributed by atoms with Gasteiger partial charge < -0.3 is 4.74 Å². The molecule has 0 aliphatic heterocycles. The van der Waals surface area contributed by atoms with Crippen molar-refractivity contribution in [1.82, 2.24) is 9.59 Å². The first kappa shape index (κ1) is 8.42. The van der Waals surface area contributed by atoms with Crippen molar-refractivity contribution in [2.45, 2.75) is 12.8 Å². The van der Waals surface area contributed by atoms with Crippen LogP contribution in [-0.4, -0.2) is 15.6 Å². The van der Waals surface area contributed by atoms with Crippen LogP contribution in [-0.2, 0) is 10.7 Å². The molecular weight excluding hydrogens is 188 g/mol. The van der Waals surface area contributed by atoms with Crippen molar-refractivity contribution in [3.63, 3.8) is 0 Å². The lowest BCUT2D eigenvalue weighted by Gasteiger charge is -1.94. The van der Waals surface area contributed by atoms with E-state index in [2.05, 4.69) is 9.59 Å². The van der Waals surface area contributed by atoms with Gasteiger partial charge in [-0.1, -0.05) is 4.49 Å². The minimum absolute atomic E-state index is 0.207. The molecule has 0 unspecified atom stereocenters. The highest BCUT2D eigenvalue weighted by molar-refractivity contribution is 7.07. The van der Waals surface area contributed by atoms with Crippen LogP contribution in [0, 0.1) is 0 Å². The summed E-state index contributed by atoms with van der Waals surface area (Å²) in [5, 5.41) is 4.03. The largest absolute Gasteiger partial charge is 0.412 e. The zero-order valence-electron chi connectivity index (χ0n) is 5.70. The highest BCUT2D eigenvalue weighted by Gasteiger charge is 2.09. The quantitative estimate of drug-likeness (QED) is 0.522. The minimum atomic E-state index is -0.387. The number of nitrogens with zero attached hydrogens (tertiary/aromatic N) is 2. The van der Waals surface area contributed by atoms with Crippen molar-refractivity contribution in [1.29, 1.82) is 0 Å². The Kier molecular flexibility index (Phi) is 2.78. The normalized spacial score (nSPS) is 9.64. The number of ether oxygens (including phenoxy) is 1. The lowest BCUT2D eigenvalue weighted by atomic mass is 10.5. The van der Waals surface area contributed by atoms with Gasteiger partial charge in [0, 0.05) is 18.5 Å². The average molecular weight is 193 g/mol. The second-order valence-corrected chi connectivity index (χ2v) is 2.72. The molecule has 0 saturated heterocycles. The summed E-state index contributed by atoms with van der Waals surface area (Å²) >= 11 is 6.48.